The lowest BCUT2D eigenvalue weighted by molar-refractivity contribution is 0.626. The van der Waals surface area contributed by atoms with Crippen LogP contribution in [0.2, 0.25) is 0 Å². The van der Waals surface area contributed by atoms with Crippen LogP contribution in [0.25, 0.3) is 10.1 Å². The first-order valence-electron chi connectivity index (χ1n) is 7.03. The first-order chi connectivity index (χ1) is 11.2. The number of guanidine groups is 1. The maximum atomic E-state index is 12.8. The summed E-state index contributed by atoms with van der Waals surface area (Å²) in [5, 5.41) is 14.0. The second-order valence-corrected chi connectivity index (χ2v) is 5.81. The molecule has 3 aromatic rings. The Morgan fingerprint density at radius 3 is 2.71 bits per heavy atom. The van der Waals surface area contributed by atoms with E-state index in [0.29, 0.717) is 6.54 Å². The third kappa shape index (κ3) is 4.75. The number of fused-ring (bicyclic) bond motifs is 1. The lowest BCUT2D eigenvalue weighted by atomic mass is 10.2. The van der Waals surface area contributed by atoms with Crippen LogP contribution in [0.15, 0.2) is 64.1 Å². The average Bonchev–Trinajstić information content (AvgIpc) is 2.98. The van der Waals surface area contributed by atoms with Crippen LogP contribution in [-0.4, -0.2) is 12.2 Å². The molecule has 0 spiro atoms. The molecule has 0 aliphatic heterocycles. The van der Waals surface area contributed by atoms with E-state index >= 15 is 0 Å². The third-order valence-electron chi connectivity index (χ3n) is 3.26. The molecule has 0 radical (unpaired) electrons. The minimum Gasteiger partial charge on any atom is -0.368 e. The summed E-state index contributed by atoms with van der Waals surface area (Å²) in [5.74, 6) is -0.0481. The largest absolute Gasteiger partial charge is 0.368 e. The van der Waals surface area contributed by atoms with E-state index in [1.165, 1.54) is 16.8 Å². The Bertz CT molecular complexity index is 858. The Morgan fingerprint density at radius 2 is 1.92 bits per heavy atom. The van der Waals surface area contributed by atoms with Crippen LogP contribution in [0.1, 0.15) is 11.1 Å². The van der Waals surface area contributed by atoms with Gasteiger partial charge in [0.15, 0.2) is 0 Å². The zero-order valence-electron chi connectivity index (χ0n) is 12.6. The van der Waals surface area contributed by atoms with Gasteiger partial charge in [0.1, 0.15) is 5.82 Å². The van der Waals surface area contributed by atoms with E-state index in [2.05, 4.69) is 21.6 Å². The Balaban J connectivity index is 0.00000208. The van der Waals surface area contributed by atoms with Crippen LogP contribution in [-0.2, 0) is 6.54 Å². The van der Waals surface area contributed by atoms with Gasteiger partial charge in [0.05, 0.1) is 6.21 Å². The maximum Gasteiger partial charge on any atom is 0.214 e. The molecule has 0 bridgehead atoms. The first kappa shape index (κ1) is 18.3. The van der Waals surface area contributed by atoms with Gasteiger partial charge in [-0.15, -0.1) is 40.4 Å². The summed E-state index contributed by atoms with van der Waals surface area (Å²) in [7, 11) is 0. The van der Waals surface area contributed by atoms with Crippen LogP contribution < -0.4 is 11.1 Å². The molecule has 7 heteroatoms. The van der Waals surface area contributed by atoms with E-state index in [1.807, 2.05) is 23.6 Å². The molecule has 124 valence electrons. The highest BCUT2D eigenvalue weighted by atomic mass is 127. The van der Waals surface area contributed by atoms with E-state index in [0.717, 1.165) is 16.5 Å². The third-order valence-corrected chi connectivity index (χ3v) is 4.24. The standard InChI is InChI=1S/C17H15FN4S.HI/c18-14-7-5-12(6-8-14)9-20-17(19)22-21-10-13-11-23-16-4-2-1-3-15(13)16;/h1-8,10-11H,9H2,(H3,19,20,22);1H. The van der Waals surface area contributed by atoms with Crippen molar-refractivity contribution in [2.75, 3.05) is 0 Å². The summed E-state index contributed by atoms with van der Waals surface area (Å²) in [6.45, 7) is 0.465. The van der Waals surface area contributed by atoms with Crippen LogP contribution in [0.4, 0.5) is 4.39 Å². The fourth-order valence-corrected chi connectivity index (χ4v) is 2.99. The van der Waals surface area contributed by atoms with Crippen LogP contribution >= 0.6 is 35.3 Å². The lowest BCUT2D eigenvalue weighted by Gasteiger charge is -2.03. The number of nitrogens with one attached hydrogen (secondary N) is 1. The molecular formula is C17H16FIN4S. The number of rotatable bonds is 4. The predicted molar refractivity (Wildman–Crippen MR) is 110 cm³/mol. The van der Waals surface area contributed by atoms with Crippen LogP contribution in [0.5, 0.6) is 0 Å². The summed E-state index contributed by atoms with van der Waals surface area (Å²) in [6.07, 6.45) is 1.69. The molecule has 0 amide bonds. The van der Waals surface area contributed by atoms with Crippen molar-refractivity contribution in [2.45, 2.75) is 6.54 Å². The normalized spacial score (nSPS) is 11.6. The molecule has 0 aliphatic rings. The lowest BCUT2D eigenvalue weighted by Crippen LogP contribution is -2.30. The Morgan fingerprint density at radius 1 is 1.17 bits per heavy atom. The van der Waals surface area contributed by atoms with Crippen molar-refractivity contribution in [2.24, 2.45) is 15.9 Å². The zero-order valence-corrected chi connectivity index (χ0v) is 15.8. The molecule has 1 aromatic heterocycles. The summed E-state index contributed by atoms with van der Waals surface area (Å²) in [5.41, 5.74) is 7.69. The van der Waals surface area contributed by atoms with Crippen molar-refractivity contribution in [3.05, 3.63) is 70.9 Å². The van der Waals surface area contributed by atoms with Gasteiger partial charge in [-0.1, -0.05) is 30.3 Å². The highest BCUT2D eigenvalue weighted by molar-refractivity contribution is 14.0. The van der Waals surface area contributed by atoms with Crippen LogP contribution in [0.3, 0.4) is 0 Å². The molecule has 3 N–H and O–H groups in total. The van der Waals surface area contributed by atoms with Gasteiger partial charge in [-0.25, -0.2) is 4.39 Å². The van der Waals surface area contributed by atoms with Crippen molar-refractivity contribution < 1.29 is 4.39 Å². The van der Waals surface area contributed by atoms with Gasteiger partial charge in [0.25, 0.3) is 0 Å². The maximum absolute atomic E-state index is 12.8. The number of hydrogen-bond acceptors (Lipinski definition) is 3. The Labute approximate surface area is 160 Å². The number of thiophene rings is 1. The molecule has 0 fully saturated rings. The van der Waals surface area contributed by atoms with Gasteiger partial charge in [0.2, 0.25) is 5.96 Å². The van der Waals surface area contributed by atoms with Crippen molar-refractivity contribution >= 4 is 57.6 Å². The molecule has 0 atom stereocenters. The monoisotopic (exact) mass is 454 g/mol. The van der Waals surface area contributed by atoms with E-state index in [4.69, 9.17) is 5.73 Å². The minimum absolute atomic E-state index is 0. The minimum atomic E-state index is -0.261. The molecule has 0 unspecified atom stereocenters. The Hall–Kier alpha value is -2.00. The summed E-state index contributed by atoms with van der Waals surface area (Å²) < 4.78 is 14.0. The number of halogens is 2. The van der Waals surface area contributed by atoms with Gasteiger partial charge in [-0.2, -0.15) is 5.10 Å². The molecule has 0 saturated heterocycles. The highest BCUT2D eigenvalue weighted by Gasteiger charge is 2.00. The molecule has 3 rings (SSSR count). The quantitative estimate of drug-likeness (QED) is 0.270. The molecular weight excluding hydrogens is 438 g/mol. The predicted octanol–water partition coefficient (Wildman–Crippen LogP) is 4.10. The average molecular weight is 454 g/mol. The second kappa shape index (κ2) is 8.74. The highest BCUT2D eigenvalue weighted by Crippen LogP contribution is 2.24. The van der Waals surface area contributed by atoms with Crippen molar-refractivity contribution in [1.82, 2.24) is 5.32 Å². The van der Waals surface area contributed by atoms with Gasteiger partial charge in [-0.3, -0.25) is 0 Å². The van der Waals surface area contributed by atoms with Gasteiger partial charge in [-0.05, 0) is 23.8 Å². The van der Waals surface area contributed by atoms with Gasteiger partial charge < -0.3 is 11.1 Å². The SMILES string of the molecule is I.NC(=NN=Cc1csc2ccccc12)NCc1ccc(F)cc1. The van der Waals surface area contributed by atoms with Gasteiger partial charge >= 0.3 is 0 Å². The summed E-state index contributed by atoms with van der Waals surface area (Å²) in [6, 6.07) is 14.3. The number of benzene rings is 2. The number of nitrogens with zero attached hydrogens (tertiary/aromatic N) is 2. The summed E-state index contributed by atoms with van der Waals surface area (Å²) in [4.78, 5) is 0. The molecule has 2 aromatic carbocycles. The zero-order chi connectivity index (χ0) is 16.1. The fourth-order valence-electron chi connectivity index (χ4n) is 2.08. The smallest absolute Gasteiger partial charge is 0.214 e. The van der Waals surface area contributed by atoms with Crippen molar-refractivity contribution in [3.63, 3.8) is 0 Å². The molecule has 1 heterocycles. The topological polar surface area (TPSA) is 62.8 Å². The van der Waals surface area contributed by atoms with E-state index in [1.54, 1.807) is 29.7 Å². The fraction of sp³-hybridized carbons (Fsp3) is 0.0588. The van der Waals surface area contributed by atoms with Crippen molar-refractivity contribution in [1.29, 1.82) is 0 Å². The number of nitrogens with two attached hydrogens (primary N) is 1. The molecule has 24 heavy (non-hydrogen) atoms. The second-order valence-electron chi connectivity index (χ2n) is 4.90. The summed E-state index contributed by atoms with van der Waals surface area (Å²) >= 11 is 1.66. The van der Waals surface area contributed by atoms with E-state index in [9.17, 15) is 4.39 Å². The van der Waals surface area contributed by atoms with Crippen LogP contribution in [0, 0.1) is 5.82 Å². The Kier molecular flexibility index (Phi) is 6.68. The van der Waals surface area contributed by atoms with Crippen molar-refractivity contribution in [3.8, 4) is 0 Å². The molecule has 4 nitrogen and oxygen atoms in total. The van der Waals surface area contributed by atoms with Gasteiger partial charge in [0, 0.05) is 27.6 Å². The number of hydrogen-bond donors (Lipinski definition) is 2. The molecule has 0 aliphatic carbocycles. The van der Waals surface area contributed by atoms with E-state index < -0.39 is 0 Å². The first-order valence-corrected chi connectivity index (χ1v) is 7.91. The van der Waals surface area contributed by atoms with E-state index in [-0.39, 0.29) is 35.8 Å². The molecule has 0 saturated carbocycles.